The van der Waals surface area contributed by atoms with Gasteiger partial charge in [0.25, 0.3) is 5.91 Å². The molecule has 3 N–H and O–H groups in total. The minimum atomic E-state index is -0.476. The van der Waals surface area contributed by atoms with Gasteiger partial charge in [-0.05, 0) is 78.0 Å². The second kappa shape index (κ2) is 16.9. The highest BCUT2D eigenvalue weighted by atomic mass is 16.5. The number of hydrogen-bond donors (Lipinski definition) is 3. The molecule has 1 aliphatic carbocycles. The van der Waals surface area contributed by atoms with Crippen molar-refractivity contribution in [3.63, 3.8) is 0 Å². The third kappa shape index (κ3) is 10.4. The van der Waals surface area contributed by atoms with Crippen LogP contribution in [0.2, 0.25) is 0 Å². The maximum absolute atomic E-state index is 14.2. The summed E-state index contributed by atoms with van der Waals surface area (Å²) in [7, 11) is 1.86. The van der Waals surface area contributed by atoms with Crippen molar-refractivity contribution >= 4 is 23.5 Å². The van der Waals surface area contributed by atoms with E-state index in [4.69, 9.17) is 9.47 Å². The number of fused-ring (bicyclic) bond motifs is 1. The van der Waals surface area contributed by atoms with Crippen LogP contribution in [0.4, 0.5) is 10.5 Å². The van der Waals surface area contributed by atoms with E-state index < -0.39 is 6.04 Å². The summed E-state index contributed by atoms with van der Waals surface area (Å²) in [4.78, 5) is 43.4. The molecule has 1 saturated carbocycles. The summed E-state index contributed by atoms with van der Waals surface area (Å²) >= 11 is 0. The Morgan fingerprint density at radius 2 is 1.77 bits per heavy atom. The number of amides is 4. The van der Waals surface area contributed by atoms with Gasteiger partial charge in [-0.3, -0.25) is 9.59 Å². The van der Waals surface area contributed by atoms with Crippen molar-refractivity contribution in [1.82, 2.24) is 15.1 Å². The average Bonchev–Trinajstić information content (AvgIpc) is 2.98. The van der Waals surface area contributed by atoms with Crippen molar-refractivity contribution in [2.24, 2.45) is 11.8 Å². The second-order valence-electron chi connectivity index (χ2n) is 12.8. The van der Waals surface area contributed by atoms with E-state index in [0.29, 0.717) is 36.7 Å². The first-order valence-corrected chi connectivity index (χ1v) is 16.2. The molecule has 0 radical (unpaired) electrons. The number of carbonyl (C=O) groups excluding carboxylic acids is 3. The highest BCUT2D eigenvalue weighted by molar-refractivity contribution is 5.99. The lowest BCUT2D eigenvalue weighted by atomic mass is 9.88. The van der Waals surface area contributed by atoms with Gasteiger partial charge in [0, 0.05) is 50.3 Å². The molecular formula is C33H54N4O6. The number of urea groups is 1. The van der Waals surface area contributed by atoms with Gasteiger partial charge in [0.15, 0.2) is 0 Å². The van der Waals surface area contributed by atoms with Gasteiger partial charge >= 0.3 is 6.03 Å². The molecule has 3 rings (SSSR count). The minimum Gasteiger partial charge on any atom is -0.490 e. The number of hydrogen-bond acceptors (Lipinski definition) is 6. The zero-order chi connectivity index (χ0) is 31.5. The largest absolute Gasteiger partial charge is 0.490 e. The lowest BCUT2D eigenvalue weighted by Gasteiger charge is -2.36. The van der Waals surface area contributed by atoms with Gasteiger partial charge in [0.2, 0.25) is 5.91 Å². The Morgan fingerprint density at radius 3 is 2.44 bits per heavy atom. The maximum Gasteiger partial charge on any atom is 0.319 e. The van der Waals surface area contributed by atoms with E-state index in [1.807, 2.05) is 46.6 Å². The van der Waals surface area contributed by atoms with Gasteiger partial charge < -0.3 is 35.0 Å². The minimum absolute atomic E-state index is 0.0438. The summed E-state index contributed by atoms with van der Waals surface area (Å²) < 4.78 is 12.7. The predicted octanol–water partition coefficient (Wildman–Crippen LogP) is 5.05. The van der Waals surface area contributed by atoms with Crippen LogP contribution in [-0.4, -0.2) is 90.4 Å². The maximum atomic E-state index is 14.2. The quantitative estimate of drug-likeness (QED) is 0.402. The van der Waals surface area contributed by atoms with Crippen LogP contribution in [0.1, 0.15) is 96.3 Å². The number of carbonyl (C=O) groups is 3. The number of ether oxygens (including phenoxy) is 2. The number of likely N-dealkylation sites (N-methyl/N-ethyl adjacent to an activating group) is 1. The molecule has 1 aliphatic heterocycles. The number of anilines is 1. The Hall–Kier alpha value is -2.85. The molecule has 242 valence electrons. The topological polar surface area (TPSA) is 120 Å². The number of aliphatic hydroxyl groups excluding tert-OH is 1. The molecular weight excluding hydrogens is 548 g/mol. The van der Waals surface area contributed by atoms with Gasteiger partial charge in [-0.1, -0.05) is 26.2 Å². The lowest BCUT2D eigenvalue weighted by Crippen LogP contribution is -2.48. The number of nitrogens with one attached hydrogen (secondary N) is 2. The number of benzene rings is 1. The van der Waals surface area contributed by atoms with Crippen LogP contribution in [-0.2, 0) is 9.53 Å². The van der Waals surface area contributed by atoms with E-state index in [9.17, 15) is 19.5 Å². The molecule has 4 atom stereocenters. The monoisotopic (exact) mass is 602 g/mol. The molecule has 0 unspecified atom stereocenters. The Kier molecular flexibility index (Phi) is 13.6. The summed E-state index contributed by atoms with van der Waals surface area (Å²) in [5.41, 5.74) is 0.789. The molecule has 0 spiro atoms. The summed E-state index contributed by atoms with van der Waals surface area (Å²) in [5, 5.41) is 15.8. The normalized spacial score (nSPS) is 23.5. The molecule has 1 aromatic rings. The lowest BCUT2D eigenvalue weighted by molar-refractivity contribution is -0.137. The summed E-state index contributed by atoms with van der Waals surface area (Å²) in [5.74, 6) is 0.268. The molecule has 2 aliphatic rings. The molecule has 1 heterocycles. The van der Waals surface area contributed by atoms with Crippen LogP contribution in [0.3, 0.4) is 0 Å². The van der Waals surface area contributed by atoms with Crippen molar-refractivity contribution in [2.75, 3.05) is 38.7 Å². The Balaban J connectivity index is 1.90. The molecule has 1 aromatic carbocycles. The third-order valence-electron chi connectivity index (χ3n) is 8.51. The van der Waals surface area contributed by atoms with Crippen LogP contribution in [0, 0.1) is 11.8 Å². The fourth-order valence-electron chi connectivity index (χ4n) is 5.91. The predicted molar refractivity (Wildman–Crippen MR) is 168 cm³/mol. The van der Waals surface area contributed by atoms with Gasteiger partial charge in [0.1, 0.15) is 5.75 Å². The second-order valence-corrected chi connectivity index (χ2v) is 12.8. The van der Waals surface area contributed by atoms with Crippen LogP contribution < -0.4 is 15.4 Å². The van der Waals surface area contributed by atoms with E-state index >= 15 is 0 Å². The van der Waals surface area contributed by atoms with Crippen LogP contribution in [0.25, 0.3) is 0 Å². The Bertz CT molecular complexity index is 1060. The van der Waals surface area contributed by atoms with Crippen molar-refractivity contribution in [2.45, 2.75) is 110 Å². The molecule has 0 aromatic heterocycles. The van der Waals surface area contributed by atoms with Gasteiger partial charge in [-0.2, -0.15) is 0 Å². The number of rotatable bonds is 7. The van der Waals surface area contributed by atoms with E-state index in [1.54, 1.807) is 23.1 Å². The van der Waals surface area contributed by atoms with Gasteiger partial charge in [-0.25, -0.2) is 4.79 Å². The zero-order valence-electron chi connectivity index (χ0n) is 27.1. The third-order valence-corrected chi connectivity index (χ3v) is 8.51. The first-order chi connectivity index (χ1) is 20.5. The van der Waals surface area contributed by atoms with Crippen LogP contribution in [0.15, 0.2) is 18.2 Å². The van der Waals surface area contributed by atoms with E-state index in [0.717, 1.165) is 44.9 Å². The number of nitrogens with zero attached hydrogens (tertiary/aromatic N) is 2. The molecule has 4 amide bonds. The van der Waals surface area contributed by atoms with Crippen LogP contribution in [0.5, 0.6) is 5.75 Å². The Morgan fingerprint density at radius 1 is 1.07 bits per heavy atom. The van der Waals surface area contributed by atoms with Crippen molar-refractivity contribution in [3.05, 3.63) is 23.8 Å². The fraction of sp³-hybridized carbons (Fsp3) is 0.727. The smallest absolute Gasteiger partial charge is 0.319 e. The number of aliphatic hydroxyl groups is 1. The molecule has 0 bridgehead atoms. The van der Waals surface area contributed by atoms with E-state index in [-0.39, 0.29) is 54.5 Å². The van der Waals surface area contributed by atoms with Crippen LogP contribution >= 0.6 is 0 Å². The Labute approximate surface area is 257 Å². The van der Waals surface area contributed by atoms with Gasteiger partial charge in [0.05, 0.1) is 30.4 Å². The molecule has 0 saturated heterocycles. The highest BCUT2D eigenvalue weighted by Crippen LogP contribution is 2.29. The van der Waals surface area contributed by atoms with E-state index in [2.05, 4.69) is 10.6 Å². The SMILES string of the molecule is CC(C)NC(=O)Nc1ccc2c(c1)C(=O)N([C@@H](C)CO)C[C@H](C)[C@@H](CN(C)C(=O)C1CCCCC1)OCCCC[C@H](C)O2. The zero-order valence-corrected chi connectivity index (χ0v) is 27.1. The van der Waals surface area contributed by atoms with Crippen molar-refractivity contribution < 1.29 is 29.0 Å². The fourth-order valence-corrected chi connectivity index (χ4v) is 5.91. The van der Waals surface area contributed by atoms with E-state index in [1.165, 1.54) is 6.42 Å². The summed E-state index contributed by atoms with van der Waals surface area (Å²) in [6.07, 6.45) is 7.38. The summed E-state index contributed by atoms with van der Waals surface area (Å²) in [6, 6.07) is 4.21. The first kappa shape index (κ1) is 34.6. The molecule has 10 nitrogen and oxygen atoms in total. The molecule has 1 fully saturated rings. The van der Waals surface area contributed by atoms with Crippen molar-refractivity contribution in [1.29, 1.82) is 0 Å². The highest BCUT2D eigenvalue weighted by Gasteiger charge is 2.32. The standard InChI is InChI=1S/C33H54N4O6/c1-22(2)34-33(41)35-27-15-16-29-28(18-27)32(40)37(24(4)21-38)19-23(3)30(42-17-11-10-12-25(5)43-29)20-36(6)31(39)26-13-8-7-9-14-26/h15-16,18,22-26,30,38H,7-14,17,19-21H2,1-6H3,(H2,34,35,41)/t23-,24-,25-,30+/m0/s1. The average molecular weight is 603 g/mol. The summed E-state index contributed by atoms with van der Waals surface area (Å²) in [6.45, 7) is 10.7. The van der Waals surface area contributed by atoms with Crippen molar-refractivity contribution in [3.8, 4) is 5.75 Å². The first-order valence-electron chi connectivity index (χ1n) is 16.2. The van der Waals surface area contributed by atoms with Gasteiger partial charge in [-0.15, -0.1) is 0 Å². The molecule has 10 heteroatoms. The molecule has 43 heavy (non-hydrogen) atoms.